The zero-order valence-electron chi connectivity index (χ0n) is 27.8. The van der Waals surface area contributed by atoms with Gasteiger partial charge in [0.05, 0.1) is 19.1 Å². The highest BCUT2D eigenvalue weighted by atomic mass is 16.5. The summed E-state index contributed by atoms with van der Waals surface area (Å²) in [6, 6.07) is 23.2. The van der Waals surface area contributed by atoms with Crippen LogP contribution in [-0.4, -0.2) is 46.9 Å². The summed E-state index contributed by atoms with van der Waals surface area (Å²) in [5.74, 6) is 0.870. The largest absolute Gasteiger partial charge is 0.493 e. The molecule has 1 atom stereocenters. The number of rotatable bonds is 15. The molecule has 0 saturated heterocycles. The van der Waals surface area contributed by atoms with Gasteiger partial charge in [0.15, 0.2) is 0 Å². The third kappa shape index (κ3) is 9.78. The zero-order chi connectivity index (χ0) is 32.4. The highest BCUT2D eigenvalue weighted by molar-refractivity contribution is 6.00. The van der Waals surface area contributed by atoms with Gasteiger partial charge in [-0.15, -0.1) is 0 Å². The number of ether oxygens (including phenoxy) is 1. The third-order valence-electron chi connectivity index (χ3n) is 8.48. The minimum Gasteiger partial charge on any atom is -0.493 e. The fourth-order valence-corrected chi connectivity index (χ4v) is 5.99. The van der Waals surface area contributed by atoms with Crippen LogP contribution in [0.15, 0.2) is 71.7 Å². The summed E-state index contributed by atoms with van der Waals surface area (Å²) in [6.07, 6.45) is 6.74. The maximum Gasteiger partial charge on any atom is 0.307 e. The number of hydrogen-bond donors (Lipinski definition) is 1. The highest BCUT2D eigenvalue weighted by Gasteiger charge is 2.27. The normalized spacial score (nSPS) is 15.2. The predicted molar refractivity (Wildman–Crippen MR) is 183 cm³/mol. The summed E-state index contributed by atoms with van der Waals surface area (Å²) in [4.78, 5) is 31.5. The number of carboxylic acids is 1. The summed E-state index contributed by atoms with van der Waals surface area (Å²) < 4.78 is 5.80. The first-order chi connectivity index (χ1) is 21.6. The van der Waals surface area contributed by atoms with E-state index in [9.17, 15) is 14.7 Å². The molecule has 0 spiro atoms. The van der Waals surface area contributed by atoms with E-state index in [0.717, 1.165) is 61.9 Å². The molecule has 240 valence electrons. The van der Waals surface area contributed by atoms with Crippen molar-refractivity contribution in [2.75, 3.05) is 13.2 Å². The molecule has 6 nitrogen and oxygen atoms in total. The molecule has 4 rings (SSSR count). The van der Waals surface area contributed by atoms with E-state index in [1.54, 1.807) is 0 Å². The summed E-state index contributed by atoms with van der Waals surface area (Å²) >= 11 is 0. The van der Waals surface area contributed by atoms with E-state index >= 15 is 0 Å². The number of amidine groups is 1. The zero-order valence-corrected chi connectivity index (χ0v) is 27.8. The maximum atomic E-state index is 13.0. The van der Waals surface area contributed by atoms with Gasteiger partial charge < -0.3 is 14.7 Å². The first-order valence-corrected chi connectivity index (χ1v) is 16.6. The molecule has 1 unspecified atom stereocenters. The van der Waals surface area contributed by atoms with E-state index in [1.807, 2.05) is 36.9 Å². The topological polar surface area (TPSA) is 79.2 Å². The Kier molecular flexibility index (Phi) is 12.0. The Morgan fingerprint density at radius 2 is 1.67 bits per heavy atom. The Hall–Kier alpha value is -3.93. The summed E-state index contributed by atoms with van der Waals surface area (Å²) in [6.45, 7) is 12.0. The van der Waals surface area contributed by atoms with Gasteiger partial charge in [-0.25, -0.2) is 0 Å². The minimum atomic E-state index is -0.874. The molecular formula is C39H50N2O4. The second-order valence-electron chi connectivity index (χ2n) is 13.2. The number of benzene rings is 3. The molecule has 0 bridgehead atoms. The lowest BCUT2D eigenvalue weighted by molar-refractivity contribution is -0.136. The molecule has 1 amide bonds. The first kappa shape index (κ1) is 34.0. The lowest BCUT2D eigenvalue weighted by Gasteiger charge is -2.30. The highest BCUT2D eigenvalue weighted by Crippen LogP contribution is 2.29. The van der Waals surface area contributed by atoms with Crippen LogP contribution in [0, 0.1) is 0 Å². The fraction of sp³-hybridized carbons (Fsp3) is 0.462. The SMILES string of the molecule is CCCOc1ccc(-c2cccc(CCCC3=NC(CCCc4ccc(C(C)(C)C)cc4)CC(=O)N3CC)c2)cc1CC(=O)O. The second-order valence-corrected chi connectivity index (χ2v) is 13.2. The van der Waals surface area contributed by atoms with E-state index in [-0.39, 0.29) is 23.8 Å². The Balaban J connectivity index is 1.36. The van der Waals surface area contributed by atoms with Gasteiger partial charge in [-0.05, 0) is 90.8 Å². The molecule has 1 aliphatic rings. The lowest BCUT2D eigenvalue weighted by atomic mass is 9.86. The van der Waals surface area contributed by atoms with Gasteiger partial charge in [-0.2, -0.15) is 0 Å². The van der Waals surface area contributed by atoms with Crippen molar-refractivity contribution in [2.24, 2.45) is 4.99 Å². The summed E-state index contributed by atoms with van der Waals surface area (Å²) in [5, 5.41) is 9.43. The third-order valence-corrected chi connectivity index (χ3v) is 8.48. The number of amides is 1. The van der Waals surface area contributed by atoms with E-state index in [2.05, 4.69) is 69.3 Å². The van der Waals surface area contributed by atoms with E-state index in [0.29, 0.717) is 30.9 Å². The number of aryl methyl sites for hydroxylation is 2. The summed E-state index contributed by atoms with van der Waals surface area (Å²) in [5.41, 5.74) is 6.76. The Labute approximate surface area is 269 Å². The Morgan fingerprint density at radius 1 is 0.933 bits per heavy atom. The van der Waals surface area contributed by atoms with E-state index < -0.39 is 5.97 Å². The van der Waals surface area contributed by atoms with Gasteiger partial charge in [0.1, 0.15) is 11.6 Å². The van der Waals surface area contributed by atoms with Crippen molar-refractivity contribution >= 4 is 17.7 Å². The number of hydrogen-bond acceptors (Lipinski definition) is 4. The standard InChI is InChI=1S/C39H50N2O4/c1-6-23-45-35-22-19-31(25-32(35)26-38(43)44)30-14-8-12-29(24-30)13-10-16-36-40-34(27-37(42)41(36)7-2)15-9-11-28-17-20-33(21-18-28)39(3,4)5/h8,12,14,17-22,24-25,34H,6-7,9-11,13,15-16,23,26-27H2,1-5H3,(H,43,44). The number of nitrogens with zero attached hydrogens (tertiary/aromatic N) is 2. The molecular weight excluding hydrogens is 560 g/mol. The van der Waals surface area contributed by atoms with Gasteiger partial charge in [0, 0.05) is 24.9 Å². The van der Waals surface area contributed by atoms with Crippen molar-refractivity contribution < 1.29 is 19.4 Å². The second kappa shape index (κ2) is 15.9. The van der Waals surface area contributed by atoms with Crippen molar-refractivity contribution in [3.63, 3.8) is 0 Å². The van der Waals surface area contributed by atoms with Gasteiger partial charge in [0.25, 0.3) is 0 Å². The monoisotopic (exact) mass is 610 g/mol. The molecule has 0 fully saturated rings. The van der Waals surface area contributed by atoms with Crippen molar-refractivity contribution in [3.8, 4) is 16.9 Å². The van der Waals surface area contributed by atoms with Crippen molar-refractivity contribution in [3.05, 3.63) is 89.0 Å². The molecule has 6 heteroatoms. The average Bonchev–Trinajstić information content (AvgIpc) is 3.00. The van der Waals surface area contributed by atoms with Crippen LogP contribution in [0.1, 0.15) is 95.4 Å². The lowest BCUT2D eigenvalue weighted by Crippen LogP contribution is -2.42. The van der Waals surface area contributed by atoms with Crippen molar-refractivity contribution in [1.82, 2.24) is 4.90 Å². The number of carbonyl (C=O) groups is 2. The van der Waals surface area contributed by atoms with Gasteiger partial charge in [-0.3, -0.25) is 14.6 Å². The van der Waals surface area contributed by atoms with Crippen LogP contribution in [-0.2, 0) is 34.3 Å². The first-order valence-electron chi connectivity index (χ1n) is 16.6. The van der Waals surface area contributed by atoms with E-state index in [1.165, 1.54) is 16.7 Å². The number of aliphatic imine (C=N–C) groups is 1. The van der Waals surface area contributed by atoms with Crippen LogP contribution in [0.4, 0.5) is 0 Å². The molecule has 0 radical (unpaired) electrons. The number of carbonyl (C=O) groups excluding carboxylic acids is 1. The molecule has 3 aromatic rings. The molecule has 0 aromatic heterocycles. The Morgan fingerprint density at radius 3 is 2.36 bits per heavy atom. The molecule has 1 heterocycles. The van der Waals surface area contributed by atoms with Crippen LogP contribution in [0.3, 0.4) is 0 Å². The minimum absolute atomic E-state index is 0.0525. The average molecular weight is 611 g/mol. The van der Waals surface area contributed by atoms with Crippen LogP contribution in [0.5, 0.6) is 5.75 Å². The van der Waals surface area contributed by atoms with Gasteiger partial charge >= 0.3 is 5.97 Å². The molecule has 0 saturated carbocycles. The number of aliphatic carboxylic acids is 1. The van der Waals surface area contributed by atoms with Crippen molar-refractivity contribution in [1.29, 1.82) is 0 Å². The maximum absolute atomic E-state index is 13.0. The van der Waals surface area contributed by atoms with Crippen LogP contribution in [0.2, 0.25) is 0 Å². The summed E-state index contributed by atoms with van der Waals surface area (Å²) in [7, 11) is 0. The Bertz CT molecular complexity index is 1470. The molecule has 3 aromatic carbocycles. The molecule has 1 aliphatic heterocycles. The smallest absolute Gasteiger partial charge is 0.307 e. The van der Waals surface area contributed by atoms with Crippen LogP contribution >= 0.6 is 0 Å². The van der Waals surface area contributed by atoms with Gasteiger partial charge in [0.2, 0.25) is 5.91 Å². The van der Waals surface area contributed by atoms with E-state index in [4.69, 9.17) is 9.73 Å². The van der Waals surface area contributed by atoms with Crippen LogP contribution in [0.25, 0.3) is 11.1 Å². The predicted octanol–water partition coefficient (Wildman–Crippen LogP) is 8.43. The number of carboxylic acid groups (broad SMARTS) is 1. The quantitative estimate of drug-likeness (QED) is 0.187. The van der Waals surface area contributed by atoms with Crippen molar-refractivity contribution in [2.45, 2.75) is 104 Å². The molecule has 45 heavy (non-hydrogen) atoms. The van der Waals surface area contributed by atoms with Crippen LogP contribution < -0.4 is 4.74 Å². The fourth-order valence-electron chi connectivity index (χ4n) is 5.99. The molecule has 1 N–H and O–H groups in total. The van der Waals surface area contributed by atoms with Gasteiger partial charge in [-0.1, -0.05) is 82.3 Å². The molecule has 0 aliphatic carbocycles.